The van der Waals surface area contributed by atoms with E-state index >= 15 is 0 Å². The fraction of sp³-hybridized carbons (Fsp3) is 0.200. The molecule has 0 bridgehead atoms. The van der Waals surface area contributed by atoms with Crippen molar-refractivity contribution >= 4 is 34.7 Å². The van der Waals surface area contributed by atoms with Gasteiger partial charge in [-0.25, -0.2) is 4.98 Å². The van der Waals surface area contributed by atoms with E-state index in [1.54, 1.807) is 18.9 Å². The van der Waals surface area contributed by atoms with Crippen LogP contribution in [0.1, 0.15) is 16.3 Å². The van der Waals surface area contributed by atoms with E-state index in [-0.39, 0.29) is 0 Å². The summed E-state index contributed by atoms with van der Waals surface area (Å²) in [6.45, 7) is 1.92. The summed E-state index contributed by atoms with van der Waals surface area (Å²) in [5.41, 5.74) is 2.44. The van der Waals surface area contributed by atoms with Gasteiger partial charge in [-0.1, -0.05) is 6.07 Å². The maximum absolute atomic E-state index is 9.29. The molecule has 1 aromatic heterocycles. The molecule has 0 fully saturated rings. The van der Waals surface area contributed by atoms with E-state index in [9.17, 15) is 5.26 Å². The van der Waals surface area contributed by atoms with Crippen molar-refractivity contribution in [2.75, 3.05) is 13.4 Å². The average Bonchev–Trinajstić information content (AvgIpc) is 2.90. The van der Waals surface area contributed by atoms with Gasteiger partial charge in [0.1, 0.15) is 16.8 Å². The summed E-state index contributed by atoms with van der Waals surface area (Å²) < 4.78 is 5.36. The zero-order valence-electron chi connectivity index (χ0n) is 11.5. The van der Waals surface area contributed by atoms with Crippen LogP contribution in [0.2, 0.25) is 0 Å². The minimum absolute atomic E-state index is 0.571. The van der Waals surface area contributed by atoms with Crippen molar-refractivity contribution in [3.8, 4) is 11.8 Å². The highest BCUT2D eigenvalue weighted by atomic mass is 32.2. The molecule has 0 radical (unpaired) electrons. The molecule has 0 amide bonds. The molecule has 0 saturated carbocycles. The Morgan fingerprint density at radius 3 is 2.85 bits per heavy atom. The van der Waals surface area contributed by atoms with Crippen molar-refractivity contribution in [2.24, 2.45) is 0 Å². The second kappa shape index (κ2) is 6.60. The zero-order valence-corrected chi connectivity index (χ0v) is 13.1. The van der Waals surface area contributed by atoms with Gasteiger partial charge in [-0.05, 0) is 37.0 Å². The number of thioether (sulfide) groups is 1. The van der Waals surface area contributed by atoms with Crippen LogP contribution in [0.5, 0.6) is 5.75 Å². The van der Waals surface area contributed by atoms with Crippen molar-refractivity contribution in [3.05, 3.63) is 39.8 Å². The summed E-state index contributed by atoms with van der Waals surface area (Å²) in [7, 11) is 1.65. The average molecular weight is 302 g/mol. The summed E-state index contributed by atoms with van der Waals surface area (Å²) in [6, 6.07) is 8.12. The normalized spacial score (nSPS) is 11.2. The van der Waals surface area contributed by atoms with Crippen LogP contribution in [-0.4, -0.2) is 18.3 Å². The number of thiazole rings is 1. The number of nitriles is 1. The van der Waals surface area contributed by atoms with Gasteiger partial charge in [-0.3, -0.25) is 0 Å². The number of hydrogen-bond donors (Lipinski definition) is 0. The third-order valence-electron chi connectivity index (χ3n) is 2.69. The van der Waals surface area contributed by atoms with Crippen molar-refractivity contribution in [1.82, 2.24) is 4.98 Å². The number of allylic oxidation sites excluding steroid dienone is 1. The number of rotatable bonds is 4. The van der Waals surface area contributed by atoms with E-state index in [0.29, 0.717) is 5.57 Å². The van der Waals surface area contributed by atoms with E-state index in [4.69, 9.17) is 4.74 Å². The summed E-state index contributed by atoms with van der Waals surface area (Å²) >= 11 is 3.11. The van der Waals surface area contributed by atoms with E-state index in [1.807, 2.05) is 42.8 Å². The van der Waals surface area contributed by atoms with Gasteiger partial charge >= 0.3 is 0 Å². The molecular weight excluding hydrogens is 288 g/mol. The van der Waals surface area contributed by atoms with Gasteiger partial charge in [0, 0.05) is 16.0 Å². The van der Waals surface area contributed by atoms with Gasteiger partial charge in [0.15, 0.2) is 0 Å². The topological polar surface area (TPSA) is 45.9 Å². The van der Waals surface area contributed by atoms with Gasteiger partial charge in [-0.2, -0.15) is 5.26 Å². The highest BCUT2D eigenvalue weighted by Gasteiger charge is 2.07. The molecule has 0 atom stereocenters. The Hall–Kier alpha value is -1.77. The molecule has 0 saturated heterocycles. The van der Waals surface area contributed by atoms with Crippen LogP contribution in [0.25, 0.3) is 11.6 Å². The maximum Gasteiger partial charge on any atom is 0.134 e. The van der Waals surface area contributed by atoms with Gasteiger partial charge in [0.2, 0.25) is 0 Å². The SMILES string of the molecule is COc1cc(C=C(C#N)c2nc(C)cs2)ccc1SC. The van der Waals surface area contributed by atoms with Crippen LogP contribution in [0.15, 0.2) is 28.5 Å². The first-order valence-electron chi connectivity index (χ1n) is 5.94. The molecule has 5 heteroatoms. The molecule has 1 heterocycles. The largest absolute Gasteiger partial charge is 0.496 e. The third kappa shape index (κ3) is 3.21. The third-order valence-corrected chi connectivity index (χ3v) is 4.46. The lowest BCUT2D eigenvalue weighted by Crippen LogP contribution is -1.87. The Balaban J connectivity index is 2.40. The molecule has 0 aliphatic heterocycles. The molecule has 2 rings (SSSR count). The molecule has 0 N–H and O–H groups in total. The van der Waals surface area contributed by atoms with Gasteiger partial charge < -0.3 is 4.74 Å². The first kappa shape index (κ1) is 14.6. The number of ether oxygens (including phenoxy) is 1. The smallest absolute Gasteiger partial charge is 0.134 e. The van der Waals surface area contributed by atoms with Crippen LogP contribution in [0, 0.1) is 18.3 Å². The van der Waals surface area contributed by atoms with Crippen LogP contribution in [0.3, 0.4) is 0 Å². The number of hydrogen-bond acceptors (Lipinski definition) is 5. The highest BCUT2D eigenvalue weighted by molar-refractivity contribution is 7.98. The first-order valence-corrected chi connectivity index (χ1v) is 8.04. The summed E-state index contributed by atoms with van der Waals surface area (Å²) in [5, 5.41) is 12.0. The Kier molecular flexibility index (Phi) is 4.83. The van der Waals surface area contributed by atoms with Crippen molar-refractivity contribution < 1.29 is 4.74 Å². The summed E-state index contributed by atoms with van der Waals surface area (Å²) in [5.74, 6) is 0.818. The zero-order chi connectivity index (χ0) is 14.5. The second-order valence-corrected chi connectivity index (χ2v) is 5.78. The minimum Gasteiger partial charge on any atom is -0.496 e. The molecule has 102 valence electrons. The van der Waals surface area contributed by atoms with Gasteiger partial charge in [0.05, 0.1) is 12.7 Å². The summed E-state index contributed by atoms with van der Waals surface area (Å²) in [4.78, 5) is 5.42. The van der Waals surface area contributed by atoms with Crippen LogP contribution in [0.4, 0.5) is 0 Å². The highest BCUT2D eigenvalue weighted by Crippen LogP contribution is 2.30. The Bertz CT molecular complexity index is 683. The fourth-order valence-electron chi connectivity index (χ4n) is 1.73. The predicted octanol–water partition coefficient (Wildman–Crippen LogP) is 4.25. The van der Waals surface area contributed by atoms with Crippen molar-refractivity contribution in [3.63, 3.8) is 0 Å². The number of methoxy groups -OCH3 is 1. The lowest BCUT2D eigenvalue weighted by Gasteiger charge is -2.06. The van der Waals surface area contributed by atoms with E-state index in [2.05, 4.69) is 11.1 Å². The number of aryl methyl sites for hydroxylation is 1. The van der Waals surface area contributed by atoms with Crippen molar-refractivity contribution in [2.45, 2.75) is 11.8 Å². The molecule has 2 aromatic rings. The molecule has 1 aromatic carbocycles. The predicted molar refractivity (Wildman–Crippen MR) is 85.1 cm³/mol. The quantitative estimate of drug-likeness (QED) is 0.626. The Morgan fingerprint density at radius 2 is 2.30 bits per heavy atom. The van der Waals surface area contributed by atoms with Crippen molar-refractivity contribution in [1.29, 1.82) is 5.26 Å². The molecule has 0 aliphatic rings. The second-order valence-electron chi connectivity index (χ2n) is 4.08. The Labute approximate surface area is 126 Å². The minimum atomic E-state index is 0.571. The van der Waals surface area contributed by atoms with E-state index < -0.39 is 0 Å². The van der Waals surface area contributed by atoms with Crippen LogP contribution < -0.4 is 4.74 Å². The van der Waals surface area contributed by atoms with E-state index in [0.717, 1.165) is 26.9 Å². The van der Waals surface area contributed by atoms with Gasteiger partial charge in [-0.15, -0.1) is 23.1 Å². The lowest BCUT2D eigenvalue weighted by atomic mass is 10.1. The standard InChI is InChI=1S/C15H14N2OS2/c1-10-9-20-15(17-10)12(8-16)6-11-4-5-14(19-3)13(7-11)18-2/h4-7,9H,1-3H3. The summed E-state index contributed by atoms with van der Waals surface area (Å²) in [6.07, 6.45) is 3.84. The molecule has 20 heavy (non-hydrogen) atoms. The molecule has 0 unspecified atom stereocenters. The Morgan fingerprint density at radius 1 is 1.50 bits per heavy atom. The maximum atomic E-state index is 9.29. The molecule has 3 nitrogen and oxygen atoms in total. The van der Waals surface area contributed by atoms with Gasteiger partial charge in [0.25, 0.3) is 0 Å². The number of aromatic nitrogens is 1. The molecule has 0 spiro atoms. The lowest BCUT2D eigenvalue weighted by molar-refractivity contribution is 0.405. The first-order chi connectivity index (χ1) is 9.67. The van der Waals surface area contributed by atoms with Crippen LogP contribution in [-0.2, 0) is 0 Å². The molecular formula is C15H14N2OS2. The number of benzene rings is 1. The fourth-order valence-corrected chi connectivity index (χ4v) is 3.04. The van der Waals surface area contributed by atoms with Crippen LogP contribution >= 0.6 is 23.1 Å². The van der Waals surface area contributed by atoms with E-state index in [1.165, 1.54) is 11.3 Å². The molecule has 0 aliphatic carbocycles. The monoisotopic (exact) mass is 302 g/mol. The number of nitrogens with zero attached hydrogens (tertiary/aromatic N) is 2.